The van der Waals surface area contributed by atoms with Crippen LogP contribution in [-0.2, 0) is 0 Å². The normalized spacial score (nSPS) is 10.2. The van der Waals surface area contributed by atoms with Crippen LogP contribution < -0.4 is 0 Å². The van der Waals surface area contributed by atoms with Gasteiger partial charge in [-0.2, -0.15) is 0 Å². The highest BCUT2D eigenvalue weighted by Crippen LogP contribution is 2.36. The molecule has 2 nitrogen and oxygen atoms in total. The van der Waals surface area contributed by atoms with E-state index in [4.69, 9.17) is 0 Å². The zero-order chi connectivity index (χ0) is 10.8. The molecule has 0 heterocycles. The molecule has 2 rings (SSSR count). The van der Waals surface area contributed by atoms with Crippen molar-refractivity contribution >= 4 is 0 Å². The van der Waals surface area contributed by atoms with Gasteiger partial charge in [-0.15, -0.1) is 0 Å². The third-order valence-electron chi connectivity index (χ3n) is 2.43. The van der Waals surface area contributed by atoms with E-state index in [9.17, 15) is 10.2 Å². The van der Waals surface area contributed by atoms with Gasteiger partial charge in [-0.25, -0.2) is 0 Å². The van der Waals surface area contributed by atoms with Gasteiger partial charge >= 0.3 is 0 Å². The third kappa shape index (κ3) is 1.66. The number of para-hydroxylation sites is 2. The zero-order valence-electron chi connectivity index (χ0n) is 8.44. The van der Waals surface area contributed by atoms with E-state index in [1.165, 1.54) is 0 Å². The minimum atomic E-state index is 0.179. The number of rotatable bonds is 1. The van der Waals surface area contributed by atoms with Crippen LogP contribution in [0.4, 0.5) is 0 Å². The molecule has 0 aliphatic rings. The molecule has 0 unspecified atom stereocenters. The Balaban J connectivity index is 2.65. The van der Waals surface area contributed by atoms with E-state index in [-0.39, 0.29) is 11.5 Å². The molecule has 2 aromatic carbocycles. The van der Waals surface area contributed by atoms with Crippen LogP contribution in [0.2, 0.25) is 0 Å². The Morgan fingerprint density at radius 3 is 2.20 bits per heavy atom. The molecule has 0 saturated carbocycles. The highest BCUT2D eigenvalue weighted by molar-refractivity contribution is 5.76. The van der Waals surface area contributed by atoms with E-state index in [2.05, 4.69) is 0 Å². The Bertz CT molecular complexity index is 490. The van der Waals surface area contributed by atoms with E-state index >= 15 is 0 Å². The number of phenolic OH excluding ortho intramolecular Hbond substituents is 2. The Hall–Kier alpha value is -1.96. The first-order chi connectivity index (χ1) is 7.20. The molecule has 76 valence electrons. The maximum atomic E-state index is 9.86. The predicted octanol–water partition coefficient (Wildman–Crippen LogP) is 3.07. The molecule has 0 aliphatic heterocycles. The summed E-state index contributed by atoms with van der Waals surface area (Å²) in [6.07, 6.45) is 0. The van der Waals surface area contributed by atoms with Crippen molar-refractivity contribution in [3.63, 3.8) is 0 Å². The summed E-state index contributed by atoms with van der Waals surface area (Å²) in [6.45, 7) is 1.83. The SMILES string of the molecule is Cc1cccc(-c2ccccc2O)c1O. The summed E-state index contributed by atoms with van der Waals surface area (Å²) in [5, 5.41) is 19.5. The van der Waals surface area contributed by atoms with Gasteiger partial charge in [0, 0.05) is 11.1 Å². The van der Waals surface area contributed by atoms with Crippen LogP contribution >= 0.6 is 0 Å². The zero-order valence-corrected chi connectivity index (χ0v) is 8.44. The van der Waals surface area contributed by atoms with Crippen LogP contribution in [-0.4, -0.2) is 10.2 Å². The van der Waals surface area contributed by atoms with Crippen molar-refractivity contribution in [3.8, 4) is 22.6 Å². The predicted molar refractivity (Wildman–Crippen MR) is 59.9 cm³/mol. The molecule has 0 atom stereocenters. The van der Waals surface area contributed by atoms with Crippen molar-refractivity contribution in [1.82, 2.24) is 0 Å². The molecule has 0 bridgehead atoms. The fourth-order valence-electron chi connectivity index (χ4n) is 1.58. The minimum Gasteiger partial charge on any atom is -0.507 e. The number of aromatic hydroxyl groups is 2. The summed E-state index contributed by atoms with van der Waals surface area (Å²) in [7, 11) is 0. The molecule has 0 aliphatic carbocycles. The monoisotopic (exact) mass is 200 g/mol. The second-order valence-corrected chi connectivity index (χ2v) is 3.49. The number of benzene rings is 2. The van der Waals surface area contributed by atoms with Crippen molar-refractivity contribution in [3.05, 3.63) is 48.0 Å². The Morgan fingerprint density at radius 1 is 0.800 bits per heavy atom. The van der Waals surface area contributed by atoms with Gasteiger partial charge in [0.05, 0.1) is 0 Å². The van der Waals surface area contributed by atoms with Gasteiger partial charge in [0.2, 0.25) is 0 Å². The standard InChI is InChI=1S/C13H12O2/c1-9-5-4-7-11(13(9)15)10-6-2-3-8-12(10)14/h2-8,14-15H,1H3. The maximum absolute atomic E-state index is 9.86. The summed E-state index contributed by atoms with van der Waals surface area (Å²) < 4.78 is 0. The van der Waals surface area contributed by atoms with Gasteiger partial charge in [-0.05, 0) is 18.6 Å². The molecular weight excluding hydrogens is 188 g/mol. The second kappa shape index (κ2) is 3.65. The fourth-order valence-corrected chi connectivity index (χ4v) is 1.58. The van der Waals surface area contributed by atoms with Gasteiger partial charge in [-0.1, -0.05) is 36.4 Å². The van der Waals surface area contributed by atoms with Gasteiger partial charge in [-0.3, -0.25) is 0 Å². The highest BCUT2D eigenvalue weighted by Gasteiger charge is 2.08. The van der Waals surface area contributed by atoms with E-state index < -0.39 is 0 Å². The lowest BCUT2D eigenvalue weighted by Gasteiger charge is -2.08. The quantitative estimate of drug-likeness (QED) is 0.742. The van der Waals surface area contributed by atoms with Gasteiger partial charge < -0.3 is 10.2 Å². The van der Waals surface area contributed by atoms with Crippen molar-refractivity contribution in [2.45, 2.75) is 6.92 Å². The molecule has 0 fully saturated rings. The molecule has 0 spiro atoms. The van der Waals surface area contributed by atoms with Crippen LogP contribution in [0.15, 0.2) is 42.5 Å². The average Bonchev–Trinajstić information content (AvgIpc) is 2.23. The first-order valence-electron chi connectivity index (χ1n) is 4.77. The van der Waals surface area contributed by atoms with Gasteiger partial charge in [0.1, 0.15) is 11.5 Å². The third-order valence-corrected chi connectivity index (χ3v) is 2.43. The van der Waals surface area contributed by atoms with E-state index in [1.54, 1.807) is 24.3 Å². The number of hydrogen-bond donors (Lipinski definition) is 2. The molecule has 0 radical (unpaired) electrons. The molecule has 2 heteroatoms. The Kier molecular flexibility index (Phi) is 2.34. The van der Waals surface area contributed by atoms with Gasteiger partial charge in [0.25, 0.3) is 0 Å². The summed E-state index contributed by atoms with van der Waals surface area (Å²) >= 11 is 0. The van der Waals surface area contributed by atoms with Crippen molar-refractivity contribution in [2.24, 2.45) is 0 Å². The Morgan fingerprint density at radius 2 is 1.47 bits per heavy atom. The average molecular weight is 200 g/mol. The molecule has 2 N–H and O–H groups in total. The van der Waals surface area contributed by atoms with Crippen LogP contribution in [0.1, 0.15) is 5.56 Å². The van der Waals surface area contributed by atoms with Gasteiger partial charge in [0.15, 0.2) is 0 Å². The van der Waals surface area contributed by atoms with E-state index in [0.29, 0.717) is 11.1 Å². The fraction of sp³-hybridized carbons (Fsp3) is 0.0769. The van der Waals surface area contributed by atoms with Crippen molar-refractivity contribution < 1.29 is 10.2 Å². The van der Waals surface area contributed by atoms with E-state index in [1.807, 2.05) is 25.1 Å². The number of hydrogen-bond acceptors (Lipinski definition) is 2. The topological polar surface area (TPSA) is 40.5 Å². The lowest BCUT2D eigenvalue weighted by atomic mass is 10.0. The van der Waals surface area contributed by atoms with Crippen LogP contribution in [0.5, 0.6) is 11.5 Å². The molecule has 0 amide bonds. The summed E-state index contributed by atoms with van der Waals surface area (Å²) in [5.74, 6) is 0.400. The second-order valence-electron chi connectivity index (χ2n) is 3.49. The highest BCUT2D eigenvalue weighted by atomic mass is 16.3. The molecule has 0 aromatic heterocycles. The number of phenols is 2. The largest absolute Gasteiger partial charge is 0.507 e. The van der Waals surface area contributed by atoms with Crippen LogP contribution in [0.3, 0.4) is 0 Å². The molecule has 15 heavy (non-hydrogen) atoms. The number of aryl methyl sites for hydroxylation is 1. The first-order valence-corrected chi connectivity index (χ1v) is 4.77. The molecular formula is C13H12O2. The lowest BCUT2D eigenvalue weighted by molar-refractivity contribution is 0.467. The van der Waals surface area contributed by atoms with Crippen LogP contribution in [0, 0.1) is 6.92 Å². The smallest absolute Gasteiger partial charge is 0.126 e. The van der Waals surface area contributed by atoms with E-state index in [0.717, 1.165) is 5.56 Å². The molecule has 0 saturated heterocycles. The summed E-state index contributed by atoms with van der Waals surface area (Å²) in [4.78, 5) is 0. The minimum absolute atomic E-state index is 0.179. The maximum Gasteiger partial charge on any atom is 0.126 e. The van der Waals surface area contributed by atoms with Crippen LogP contribution in [0.25, 0.3) is 11.1 Å². The first kappa shape index (κ1) is 9.59. The molecule has 2 aromatic rings. The van der Waals surface area contributed by atoms with Crippen molar-refractivity contribution in [1.29, 1.82) is 0 Å². The Labute approximate surface area is 88.4 Å². The van der Waals surface area contributed by atoms with Crippen molar-refractivity contribution in [2.75, 3.05) is 0 Å². The summed E-state index contributed by atoms with van der Waals surface area (Å²) in [6, 6.07) is 12.5. The lowest BCUT2D eigenvalue weighted by Crippen LogP contribution is -1.82. The summed E-state index contributed by atoms with van der Waals surface area (Å²) in [5.41, 5.74) is 2.11.